The molecule has 7 nitrogen and oxygen atoms in total. The summed E-state index contributed by atoms with van der Waals surface area (Å²) in [6, 6.07) is 10.8. The van der Waals surface area contributed by atoms with Gasteiger partial charge in [-0.15, -0.1) is 11.3 Å². The number of ether oxygens (including phenoxy) is 1. The Bertz CT molecular complexity index is 978. The van der Waals surface area contributed by atoms with Gasteiger partial charge >= 0.3 is 5.97 Å². The highest BCUT2D eigenvalue weighted by Crippen LogP contribution is 2.24. The molecule has 28 heavy (non-hydrogen) atoms. The first kappa shape index (κ1) is 20.1. The van der Waals surface area contributed by atoms with Crippen molar-refractivity contribution in [3.8, 4) is 0 Å². The Labute approximate surface area is 169 Å². The van der Waals surface area contributed by atoms with Crippen molar-refractivity contribution in [3.05, 3.63) is 46.2 Å². The number of benzene rings is 1. The summed E-state index contributed by atoms with van der Waals surface area (Å²) in [5.41, 5.74) is 1.37. The van der Waals surface area contributed by atoms with Crippen LogP contribution in [0.25, 0.3) is 11.1 Å². The Morgan fingerprint density at radius 2 is 2.04 bits per heavy atom. The maximum absolute atomic E-state index is 12.4. The highest BCUT2D eigenvalue weighted by molar-refractivity contribution is 7.99. The second kappa shape index (κ2) is 9.03. The van der Waals surface area contributed by atoms with Crippen molar-refractivity contribution in [3.63, 3.8) is 0 Å². The summed E-state index contributed by atoms with van der Waals surface area (Å²) in [4.78, 5) is 41.0. The Morgan fingerprint density at radius 1 is 1.25 bits per heavy atom. The molecule has 0 aliphatic rings. The molecule has 1 atom stereocenters. The van der Waals surface area contributed by atoms with E-state index in [1.54, 1.807) is 18.2 Å². The number of nitrogens with zero attached hydrogens (tertiary/aromatic N) is 1. The molecule has 3 aromatic rings. The van der Waals surface area contributed by atoms with E-state index in [0.29, 0.717) is 22.2 Å². The smallest absolute Gasteiger partial charge is 0.317 e. The van der Waals surface area contributed by atoms with Gasteiger partial charge in [-0.25, -0.2) is 4.98 Å². The Balaban J connectivity index is 1.50. The lowest BCUT2D eigenvalue weighted by atomic mass is 10.2. The molecule has 1 unspecified atom stereocenters. The van der Waals surface area contributed by atoms with Gasteiger partial charge in [-0.3, -0.25) is 14.4 Å². The number of Topliss-reactive ketones (excluding diaryl/α,β-unsaturated/α-hetero) is 1. The summed E-state index contributed by atoms with van der Waals surface area (Å²) < 4.78 is 10.8. The number of ketones is 1. The first-order chi connectivity index (χ1) is 13.4. The number of nitrogens with one attached hydrogen (secondary N) is 1. The minimum absolute atomic E-state index is 0.0112. The summed E-state index contributed by atoms with van der Waals surface area (Å²) in [5.74, 6) is -0.953. The lowest BCUT2D eigenvalue weighted by Crippen LogP contribution is -2.24. The number of amides is 1. The molecule has 2 aromatic heterocycles. The first-order valence-corrected chi connectivity index (χ1v) is 10.3. The summed E-state index contributed by atoms with van der Waals surface area (Å²) in [5, 5.41) is 3.05. The van der Waals surface area contributed by atoms with Crippen LogP contribution < -0.4 is 5.32 Å². The number of aromatic nitrogens is 1. The van der Waals surface area contributed by atoms with Crippen LogP contribution in [0.3, 0.4) is 0 Å². The van der Waals surface area contributed by atoms with Crippen molar-refractivity contribution >= 4 is 51.9 Å². The zero-order valence-corrected chi connectivity index (χ0v) is 16.9. The number of thiophene rings is 1. The van der Waals surface area contributed by atoms with Crippen LogP contribution in [-0.2, 0) is 20.9 Å². The number of rotatable bonds is 8. The second-order valence-electron chi connectivity index (χ2n) is 5.91. The Kier molecular flexibility index (Phi) is 6.48. The van der Waals surface area contributed by atoms with E-state index in [1.807, 2.05) is 18.2 Å². The van der Waals surface area contributed by atoms with Gasteiger partial charge in [-0.05, 0) is 31.2 Å². The van der Waals surface area contributed by atoms with E-state index in [-0.39, 0.29) is 17.4 Å². The number of carbonyl (C=O) groups is 3. The third-order valence-corrected chi connectivity index (χ3v) is 5.58. The number of para-hydroxylation sites is 2. The molecular formula is C19H18N2O5S2. The summed E-state index contributed by atoms with van der Waals surface area (Å²) in [6.45, 7) is 3.33. The maximum atomic E-state index is 12.4. The van der Waals surface area contributed by atoms with Crippen molar-refractivity contribution in [2.45, 2.75) is 31.7 Å². The van der Waals surface area contributed by atoms with Crippen molar-refractivity contribution < 1.29 is 23.5 Å². The molecule has 0 radical (unpaired) electrons. The van der Waals surface area contributed by atoms with Crippen LogP contribution in [0.15, 0.2) is 46.0 Å². The fourth-order valence-electron chi connectivity index (χ4n) is 2.34. The fraction of sp³-hybridized carbons (Fsp3) is 0.263. The number of hydrogen-bond donors (Lipinski definition) is 1. The van der Waals surface area contributed by atoms with Crippen LogP contribution in [0.5, 0.6) is 0 Å². The summed E-state index contributed by atoms with van der Waals surface area (Å²) >= 11 is 2.38. The quantitative estimate of drug-likeness (QED) is 0.340. The molecular weight excluding hydrogens is 400 g/mol. The van der Waals surface area contributed by atoms with Gasteiger partial charge in [0.25, 0.3) is 5.22 Å². The topological polar surface area (TPSA) is 98.5 Å². The van der Waals surface area contributed by atoms with E-state index in [1.165, 1.54) is 25.2 Å². The maximum Gasteiger partial charge on any atom is 0.317 e. The molecule has 0 saturated heterocycles. The number of esters is 1. The number of hydrogen-bond acceptors (Lipinski definition) is 8. The third kappa shape index (κ3) is 5.20. The zero-order chi connectivity index (χ0) is 20.1. The van der Waals surface area contributed by atoms with Crippen LogP contribution in [0.4, 0.5) is 0 Å². The lowest BCUT2D eigenvalue weighted by molar-refractivity contribution is -0.143. The standard InChI is InChI=1S/C19H18N2O5S2/c1-11(18(24)16-8-7-13(28-16)9-20-12(2)22)25-17(23)10-27-19-21-14-5-3-4-6-15(14)26-19/h3-8,11H,9-10H2,1-2H3,(H,20,22). The molecule has 0 bridgehead atoms. The summed E-state index contributed by atoms with van der Waals surface area (Å²) in [6.07, 6.45) is -0.899. The van der Waals surface area contributed by atoms with Crippen molar-refractivity contribution in [1.29, 1.82) is 0 Å². The van der Waals surface area contributed by atoms with Gasteiger partial charge in [-0.2, -0.15) is 0 Å². The van der Waals surface area contributed by atoms with Gasteiger partial charge in [0, 0.05) is 11.8 Å². The van der Waals surface area contributed by atoms with Gasteiger partial charge in [0.05, 0.1) is 11.4 Å². The van der Waals surface area contributed by atoms with Crippen molar-refractivity contribution in [1.82, 2.24) is 10.3 Å². The highest BCUT2D eigenvalue weighted by atomic mass is 32.2. The predicted octanol–water partition coefficient (Wildman–Crippen LogP) is 3.43. The summed E-state index contributed by atoms with van der Waals surface area (Å²) in [7, 11) is 0. The zero-order valence-electron chi connectivity index (χ0n) is 15.3. The minimum Gasteiger partial charge on any atom is -0.454 e. The Morgan fingerprint density at radius 3 is 2.79 bits per heavy atom. The fourth-order valence-corrected chi connectivity index (χ4v) is 3.92. The number of carbonyl (C=O) groups excluding carboxylic acids is 3. The number of thioether (sulfide) groups is 1. The molecule has 0 fully saturated rings. The van der Waals surface area contributed by atoms with E-state index >= 15 is 0 Å². The van der Waals surface area contributed by atoms with Crippen LogP contribution in [-0.4, -0.2) is 34.5 Å². The van der Waals surface area contributed by atoms with Crippen molar-refractivity contribution in [2.75, 3.05) is 5.75 Å². The van der Waals surface area contributed by atoms with Crippen LogP contribution in [0.1, 0.15) is 28.4 Å². The molecule has 0 aliphatic carbocycles. The highest BCUT2D eigenvalue weighted by Gasteiger charge is 2.21. The molecule has 1 N–H and O–H groups in total. The van der Waals surface area contributed by atoms with Crippen LogP contribution in [0.2, 0.25) is 0 Å². The van der Waals surface area contributed by atoms with E-state index in [4.69, 9.17) is 9.15 Å². The molecule has 2 heterocycles. The van der Waals surface area contributed by atoms with Gasteiger partial charge in [0.2, 0.25) is 11.7 Å². The minimum atomic E-state index is -0.899. The van der Waals surface area contributed by atoms with Gasteiger partial charge in [0.1, 0.15) is 11.3 Å². The lowest BCUT2D eigenvalue weighted by Gasteiger charge is -2.10. The molecule has 146 valence electrons. The van der Waals surface area contributed by atoms with Gasteiger partial charge in [-0.1, -0.05) is 23.9 Å². The average Bonchev–Trinajstić information content (AvgIpc) is 3.30. The second-order valence-corrected chi connectivity index (χ2v) is 8.00. The Hall–Kier alpha value is -2.65. The third-order valence-electron chi connectivity index (χ3n) is 3.68. The molecule has 3 rings (SSSR count). The monoisotopic (exact) mass is 418 g/mol. The van der Waals surface area contributed by atoms with E-state index in [2.05, 4.69) is 10.3 Å². The van der Waals surface area contributed by atoms with E-state index in [9.17, 15) is 14.4 Å². The number of oxazole rings is 1. The normalized spacial score (nSPS) is 11.9. The van der Waals surface area contributed by atoms with Gasteiger partial charge < -0.3 is 14.5 Å². The van der Waals surface area contributed by atoms with E-state index in [0.717, 1.165) is 22.2 Å². The van der Waals surface area contributed by atoms with Crippen LogP contribution in [0, 0.1) is 0 Å². The van der Waals surface area contributed by atoms with Crippen LogP contribution >= 0.6 is 23.1 Å². The molecule has 1 aromatic carbocycles. The molecule has 1 amide bonds. The molecule has 0 spiro atoms. The van der Waals surface area contributed by atoms with Crippen molar-refractivity contribution in [2.24, 2.45) is 0 Å². The SMILES string of the molecule is CC(=O)NCc1ccc(C(=O)C(C)OC(=O)CSc2nc3ccccc3o2)s1. The molecule has 0 aliphatic heterocycles. The predicted molar refractivity (Wildman–Crippen MR) is 106 cm³/mol. The molecule has 9 heteroatoms. The first-order valence-electron chi connectivity index (χ1n) is 8.47. The van der Waals surface area contributed by atoms with E-state index < -0.39 is 12.1 Å². The largest absolute Gasteiger partial charge is 0.454 e. The number of fused-ring (bicyclic) bond motifs is 1. The average molecular weight is 418 g/mol. The molecule has 0 saturated carbocycles. The van der Waals surface area contributed by atoms with Gasteiger partial charge in [0.15, 0.2) is 11.7 Å².